The Morgan fingerprint density at radius 3 is 2.35 bits per heavy atom. The summed E-state index contributed by atoms with van der Waals surface area (Å²) in [5.74, 6) is 0.267. The van der Waals surface area contributed by atoms with Gasteiger partial charge in [0.15, 0.2) is 5.79 Å². The van der Waals surface area contributed by atoms with E-state index in [0.29, 0.717) is 44.8 Å². The Bertz CT molecular complexity index is 529. The average molecular weight is 320 g/mol. The van der Waals surface area contributed by atoms with E-state index in [-0.39, 0.29) is 5.91 Å². The Balaban J connectivity index is 1.62. The van der Waals surface area contributed by atoms with Crippen molar-refractivity contribution in [1.82, 2.24) is 14.9 Å². The summed E-state index contributed by atoms with van der Waals surface area (Å²) in [6.07, 6.45) is 4.67. The van der Waals surface area contributed by atoms with Crippen LogP contribution in [-0.2, 0) is 9.47 Å². The summed E-state index contributed by atoms with van der Waals surface area (Å²) < 4.78 is 11.4. The van der Waals surface area contributed by atoms with Crippen molar-refractivity contribution in [3.8, 4) is 0 Å². The van der Waals surface area contributed by atoms with E-state index in [2.05, 4.69) is 28.7 Å². The van der Waals surface area contributed by atoms with Crippen LogP contribution in [-0.4, -0.2) is 66.0 Å². The number of carbonyl (C=O) groups is 1. The molecule has 0 aromatic carbocycles. The summed E-state index contributed by atoms with van der Waals surface area (Å²) in [4.78, 5) is 25.1. The smallest absolute Gasteiger partial charge is 0.274 e. The molecule has 2 fully saturated rings. The van der Waals surface area contributed by atoms with Crippen molar-refractivity contribution in [1.29, 1.82) is 0 Å². The van der Waals surface area contributed by atoms with Gasteiger partial charge in [0.2, 0.25) is 0 Å². The first-order chi connectivity index (χ1) is 11.2. The van der Waals surface area contributed by atoms with E-state index in [1.54, 1.807) is 17.3 Å². The van der Waals surface area contributed by atoms with Gasteiger partial charge in [-0.1, -0.05) is 0 Å². The van der Waals surface area contributed by atoms with Crippen LogP contribution in [0, 0.1) is 0 Å². The van der Waals surface area contributed by atoms with Crippen LogP contribution in [0.25, 0.3) is 0 Å². The van der Waals surface area contributed by atoms with Gasteiger partial charge in [-0.15, -0.1) is 0 Å². The molecule has 126 valence electrons. The Hall–Kier alpha value is -1.73. The fourth-order valence-corrected chi connectivity index (χ4v) is 3.14. The molecule has 0 aliphatic carbocycles. The first kappa shape index (κ1) is 16.1. The lowest BCUT2D eigenvalue weighted by Gasteiger charge is -2.37. The summed E-state index contributed by atoms with van der Waals surface area (Å²) in [7, 11) is 0. The first-order valence-corrected chi connectivity index (χ1v) is 8.31. The molecule has 1 aromatic heterocycles. The molecular formula is C16H24N4O3. The molecule has 0 saturated carbocycles. The molecule has 1 aromatic rings. The lowest BCUT2D eigenvalue weighted by atomic mass is 10.0. The Morgan fingerprint density at radius 1 is 1.17 bits per heavy atom. The van der Waals surface area contributed by atoms with Crippen LogP contribution in [0.1, 0.15) is 37.2 Å². The van der Waals surface area contributed by atoms with E-state index < -0.39 is 5.79 Å². The van der Waals surface area contributed by atoms with Crippen molar-refractivity contribution < 1.29 is 14.3 Å². The van der Waals surface area contributed by atoms with E-state index in [4.69, 9.17) is 9.47 Å². The van der Waals surface area contributed by atoms with E-state index in [0.717, 1.165) is 18.9 Å². The Kier molecular flexibility index (Phi) is 4.77. The third kappa shape index (κ3) is 3.30. The van der Waals surface area contributed by atoms with E-state index in [1.807, 2.05) is 0 Å². The zero-order valence-corrected chi connectivity index (χ0v) is 13.8. The van der Waals surface area contributed by atoms with Crippen molar-refractivity contribution >= 4 is 11.7 Å². The fraction of sp³-hybridized carbons (Fsp3) is 0.688. The number of piperidine rings is 1. The van der Waals surface area contributed by atoms with Crippen molar-refractivity contribution in [2.75, 3.05) is 44.3 Å². The maximum absolute atomic E-state index is 12.6. The highest BCUT2D eigenvalue weighted by molar-refractivity contribution is 5.92. The molecular weight excluding hydrogens is 296 g/mol. The van der Waals surface area contributed by atoms with Gasteiger partial charge < -0.3 is 19.3 Å². The highest BCUT2D eigenvalue weighted by Gasteiger charge is 2.41. The molecule has 0 atom stereocenters. The third-order valence-corrected chi connectivity index (χ3v) is 4.57. The van der Waals surface area contributed by atoms with Gasteiger partial charge in [0.25, 0.3) is 5.91 Å². The van der Waals surface area contributed by atoms with E-state index in [9.17, 15) is 4.79 Å². The maximum atomic E-state index is 12.6. The molecule has 0 N–H and O–H groups in total. The predicted molar refractivity (Wildman–Crippen MR) is 85.4 cm³/mol. The van der Waals surface area contributed by atoms with Crippen molar-refractivity contribution in [2.24, 2.45) is 0 Å². The largest absolute Gasteiger partial charge is 0.356 e. The van der Waals surface area contributed by atoms with Crippen molar-refractivity contribution in [3.63, 3.8) is 0 Å². The Morgan fingerprint density at radius 2 is 1.83 bits per heavy atom. The summed E-state index contributed by atoms with van der Waals surface area (Å²) in [6, 6.07) is 0. The molecule has 3 heterocycles. The molecule has 1 spiro atoms. The third-order valence-electron chi connectivity index (χ3n) is 4.57. The van der Waals surface area contributed by atoms with Gasteiger partial charge >= 0.3 is 0 Å². The fourth-order valence-electron chi connectivity index (χ4n) is 3.14. The molecule has 3 rings (SSSR count). The number of carbonyl (C=O) groups excluding carboxylic acids is 1. The van der Waals surface area contributed by atoms with Gasteiger partial charge in [-0.3, -0.25) is 4.79 Å². The van der Waals surface area contributed by atoms with Gasteiger partial charge in [-0.05, 0) is 13.8 Å². The SMILES string of the molecule is CCN(CC)c1cnc(C(=O)N2CCC3(CC2)OCCO3)cn1. The first-order valence-electron chi connectivity index (χ1n) is 8.31. The number of ether oxygens (including phenoxy) is 2. The number of hydrogen-bond acceptors (Lipinski definition) is 6. The van der Waals surface area contributed by atoms with Gasteiger partial charge in [0, 0.05) is 39.0 Å². The average Bonchev–Trinajstić information content (AvgIpc) is 3.05. The molecule has 2 aliphatic rings. The highest BCUT2D eigenvalue weighted by atomic mass is 16.7. The zero-order chi connectivity index (χ0) is 16.3. The monoisotopic (exact) mass is 320 g/mol. The second-order valence-corrected chi connectivity index (χ2v) is 5.83. The molecule has 2 aliphatic heterocycles. The topological polar surface area (TPSA) is 67.8 Å². The number of likely N-dealkylation sites (tertiary alicyclic amines) is 1. The number of amides is 1. The quantitative estimate of drug-likeness (QED) is 0.833. The number of rotatable bonds is 4. The van der Waals surface area contributed by atoms with Crippen LogP contribution in [0.2, 0.25) is 0 Å². The summed E-state index contributed by atoms with van der Waals surface area (Å²) in [5.41, 5.74) is 0.394. The van der Waals surface area contributed by atoms with Gasteiger partial charge in [-0.2, -0.15) is 0 Å². The van der Waals surface area contributed by atoms with Gasteiger partial charge in [0.1, 0.15) is 11.5 Å². The van der Waals surface area contributed by atoms with Crippen molar-refractivity contribution in [2.45, 2.75) is 32.5 Å². The van der Waals surface area contributed by atoms with Crippen LogP contribution in [0.5, 0.6) is 0 Å². The molecule has 7 heteroatoms. The minimum Gasteiger partial charge on any atom is -0.356 e. The number of anilines is 1. The summed E-state index contributed by atoms with van der Waals surface area (Å²) in [6.45, 7) is 8.41. The normalized spacial score (nSPS) is 20.0. The second kappa shape index (κ2) is 6.80. The molecule has 0 bridgehead atoms. The van der Waals surface area contributed by atoms with E-state index in [1.165, 1.54) is 0 Å². The molecule has 0 radical (unpaired) electrons. The second-order valence-electron chi connectivity index (χ2n) is 5.83. The lowest BCUT2D eigenvalue weighted by molar-refractivity contribution is -0.181. The predicted octanol–water partition coefficient (Wildman–Crippen LogP) is 1.30. The summed E-state index contributed by atoms with van der Waals surface area (Å²) in [5, 5.41) is 0. The minimum atomic E-state index is -0.463. The van der Waals surface area contributed by atoms with Crippen LogP contribution < -0.4 is 4.90 Å². The van der Waals surface area contributed by atoms with Gasteiger partial charge in [-0.25, -0.2) is 9.97 Å². The number of aromatic nitrogens is 2. The van der Waals surface area contributed by atoms with Crippen LogP contribution in [0.4, 0.5) is 5.82 Å². The van der Waals surface area contributed by atoms with Crippen LogP contribution >= 0.6 is 0 Å². The number of nitrogens with zero attached hydrogens (tertiary/aromatic N) is 4. The van der Waals surface area contributed by atoms with Crippen molar-refractivity contribution in [3.05, 3.63) is 18.1 Å². The summed E-state index contributed by atoms with van der Waals surface area (Å²) >= 11 is 0. The highest BCUT2D eigenvalue weighted by Crippen LogP contribution is 2.31. The minimum absolute atomic E-state index is 0.0727. The van der Waals surface area contributed by atoms with Crippen LogP contribution in [0.15, 0.2) is 12.4 Å². The van der Waals surface area contributed by atoms with Crippen LogP contribution in [0.3, 0.4) is 0 Å². The molecule has 1 amide bonds. The molecule has 2 saturated heterocycles. The lowest BCUT2D eigenvalue weighted by Crippen LogP contribution is -2.47. The molecule has 23 heavy (non-hydrogen) atoms. The standard InChI is InChI=1S/C16H24N4O3/c1-3-19(4-2)14-12-17-13(11-18-14)15(21)20-7-5-16(6-8-20)22-9-10-23-16/h11-12H,3-10H2,1-2H3. The molecule has 0 unspecified atom stereocenters. The number of hydrogen-bond donors (Lipinski definition) is 0. The maximum Gasteiger partial charge on any atom is 0.274 e. The zero-order valence-electron chi connectivity index (χ0n) is 13.8. The Labute approximate surface area is 136 Å². The molecule has 7 nitrogen and oxygen atoms in total. The van der Waals surface area contributed by atoms with Gasteiger partial charge in [0.05, 0.1) is 25.6 Å². The van der Waals surface area contributed by atoms with E-state index >= 15 is 0 Å².